The summed E-state index contributed by atoms with van der Waals surface area (Å²) in [5.74, 6) is 0.480. The second-order valence-corrected chi connectivity index (χ2v) is 8.49. The van der Waals surface area contributed by atoms with Gasteiger partial charge < -0.3 is 10.1 Å². The summed E-state index contributed by atoms with van der Waals surface area (Å²) in [6.45, 7) is 3.17. The lowest BCUT2D eigenvalue weighted by atomic mass is 10.0. The summed E-state index contributed by atoms with van der Waals surface area (Å²) in [5, 5.41) is 2.61. The van der Waals surface area contributed by atoms with Gasteiger partial charge in [0.2, 0.25) is 0 Å². The predicted molar refractivity (Wildman–Crippen MR) is 109 cm³/mol. The van der Waals surface area contributed by atoms with Crippen molar-refractivity contribution in [3.05, 3.63) is 0 Å². The molecule has 0 aromatic rings. The topological polar surface area (TPSA) is 55.4 Å². The molecule has 0 aliphatic heterocycles. The van der Waals surface area contributed by atoms with Gasteiger partial charge in [-0.05, 0) is 6.42 Å². The van der Waals surface area contributed by atoms with Gasteiger partial charge in [0.1, 0.15) is 0 Å². The maximum Gasteiger partial charge on any atom is 0.407 e. The third-order valence-electron chi connectivity index (χ3n) is 4.39. The van der Waals surface area contributed by atoms with Gasteiger partial charge in [0, 0.05) is 29.4 Å². The average Bonchev–Trinajstić information content (AvgIpc) is 2.58. The molecule has 0 radical (unpaired) electrons. The largest absolute Gasteiger partial charge is 0.450 e. The SMILES string of the molecule is CCCCCCCCCCCCCCCCOC(=O)NCCS(C)=O. The Kier molecular flexibility index (Phi) is 19.3. The Morgan fingerprint density at radius 1 is 0.800 bits per heavy atom. The van der Waals surface area contributed by atoms with E-state index in [4.69, 9.17) is 4.74 Å². The minimum Gasteiger partial charge on any atom is -0.450 e. The van der Waals surface area contributed by atoms with E-state index in [0.29, 0.717) is 18.9 Å². The van der Waals surface area contributed by atoms with Crippen LogP contribution >= 0.6 is 0 Å². The van der Waals surface area contributed by atoms with Gasteiger partial charge in [0.25, 0.3) is 0 Å². The summed E-state index contributed by atoms with van der Waals surface area (Å²) in [4.78, 5) is 11.3. The van der Waals surface area contributed by atoms with Gasteiger partial charge in [-0.1, -0.05) is 90.4 Å². The fourth-order valence-corrected chi connectivity index (χ4v) is 3.20. The van der Waals surface area contributed by atoms with Crippen molar-refractivity contribution in [1.82, 2.24) is 5.32 Å². The van der Waals surface area contributed by atoms with Crippen LogP contribution < -0.4 is 5.32 Å². The normalized spacial score (nSPS) is 12.1. The van der Waals surface area contributed by atoms with Crippen LogP contribution in [-0.4, -0.2) is 35.5 Å². The van der Waals surface area contributed by atoms with Crippen molar-refractivity contribution in [1.29, 1.82) is 0 Å². The first-order valence-corrected chi connectivity index (χ1v) is 12.1. The summed E-state index contributed by atoms with van der Waals surface area (Å²) < 4.78 is 15.9. The quantitative estimate of drug-likeness (QED) is 0.318. The van der Waals surface area contributed by atoms with E-state index in [1.165, 1.54) is 77.0 Å². The predicted octanol–water partition coefficient (Wildman–Crippen LogP) is 5.57. The Balaban J connectivity index is 3.11. The lowest BCUT2D eigenvalue weighted by Crippen LogP contribution is -2.28. The molecular weight excluding hydrogens is 334 g/mol. The highest BCUT2D eigenvalue weighted by Crippen LogP contribution is 2.12. The van der Waals surface area contributed by atoms with Crippen LogP contribution in [0.1, 0.15) is 96.8 Å². The average molecular weight is 376 g/mol. The summed E-state index contributed by atoms with van der Waals surface area (Å²) in [5.41, 5.74) is 0. The van der Waals surface area contributed by atoms with Crippen molar-refractivity contribution in [2.45, 2.75) is 96.8 Å². The first-order chi connectivity index (χ1) is 12.2. The fraction of sp³-hybridized carbons (Fsp3) is 0.950. The molecule has 0 aliphatic rings. The van der Waals surface area contributed by atoms with Crippen LogP contribution in [0.3, 0.4) is 0 Å². The number of carbonyl (C=O) groups is 1. The molecule has 0 aliphatic carbocycles. The van der Waals surface area contributed by atoms with Gasteiger partial charge in [-0.25, -0.2) is 4.79 Å². The van der Waals surface area contributed by atoms with Crippen LogP contribution in [0.4, 0.5) is 4.79 Å². The molecule has 0 saturated heterocycles. The van der Waals surface area contributed by atoms with Crippen LogP contribution in [0.5, 0.6) is 0 Å². The van der Waals surface area contributed by atoms with Gasteiger partial charge in [0.05, 0.1) is 6.61 Å². The molecule has 0 heterocycles. The Hall–Kier alpha value is -0.580. The van der Waals surface area contributed by atoms with Crippen LogP contribution in [-0.2, 0) is 15.5 Å². The second-order valence-electron chi connectivity index (χ2n) is 6.94. The van der Waals surface area contributed by atoms with Gasteiger partial charge in [-0.15, -0.1) is 0 Å². The molecule has 1 amide bonds. The van der Waals surface area contributed by atoms with E-state index in [0.717, 1.165) is 12.8 Å². The molecule has 0 saturated carbocycles. The Morgan fingerprint density at radius 3 is 1.68 bits per heavy atom. The van der Waals surface area contributed by atoms with E-state index < -0.39 is 10.8 Å². The fourth-order valence-electron chi connectivity index (χ4n) is 2.81. The number of unbranched alkanes of at least 4 members (excludes halogenated alkanes) is 13. The maximum absolute atomic E-state index is 11.3. The molecule has 0 bridgehead atoms. The van der Waals surface area contributed by atoms with E-state index in [1.807, 2.05) is 0 Å². The highest BCUT2D eigenvalue weighted by Gasteiger charge is 2.01. The summed E-state index contributed by atoms with van der Waals surface area (Å²) in [6, 6.07) is 0. The first-order valence-electron chi connectivity index (χ1n) is 10.4. The first kappa shape index (κ1) is 24.4. The van der Waals surface area contributed by atoms with Crippen LogP contribution in [0.2, 0.25) is 0 Å². The second kappa shape index (κ2) is 19.7. The van der Waals surface area contributed by atoms with Crippen molar-refractivity contribution in [3.63, 3.8) is 0 Å². The van der Waals surface area contributed by atoms with Gasteiger partial charge in [0.15, 0.2) is 0 Å². The Morgan fingerprint density at radius 2 is 1.24 bits per heavy atom. The van der Waals surface area contributed by atoms with Crippen molar-refractivity contribution < 1.29 is 13.7 Å². The number of alkyl carbamates (subject to hydrolysis) is 1. The number of rotatable bonds is 18. The lowest BCUT2D eigenvalue weighted by Gasteiger charge is -2.06. The summed E-state index contributed by atoms with van der Waals surface area (Å²) in [6.07, 6.45) is 19.7. The summed E-state index contributed by atoms with van der Waals surface area (Å²) >= 11 is 0. The molecule has 0 fully saturated rings. The molecule has 0 spiro atoms. The van der Waals surface area contributed by atoms with Crippen molar-refractivity contribution >= 4 is 16.9 Å². The van der Waals surface area contributed by atoms with Crippen molar-refractivity contribution in [2.24, 2.45) is 0 Å². The molecule has 1 atom stereocenters. The third-order valence-corrected chi connectivity index (χ3v) is 5.17. The van der Waals surface area contributed by atoms with Gasteiger partial charge in [-0.3, -0.25) is 4.21 Å². The monoisotopic (exact) mass is 375 g/mol. The molecule has 1 N–H and O–H groups in total. The van der Waals surface area contributed by atoms with Crippen LogP contribution in [0, 0.1) is 0 Å². The Labute approximate surface area is 158 Å². The number of nitrogens with one attached hydrogen (secondary N) is 1. The van der Waals surface area contributed by atoms with Gasteiger partial charge in [-0.2, -0.15) is 0 Å². The number of hydrogen-bond donors (Lipinski definition) is 1. The lowest BCUT2D eigenvalue weighted by molar-refractivity contribution is 0.144. The zero-order valence-electron chi connectivity index (χ0n) is 16.7. The molecule has 25 heavy (non-hydrogen) atoms. The molecule has 0 aromatic carbocycles. The van der Waals surface area contributed by atoms with Gasteiger partial charge >= 0.3 is 6.09 Å². The molecule has 1 unspecified atom stereocenters. The zero-order valence-corrected chi connectivity index (χ0v) is 17.5. The van der Waals surface area contributed by atoms with Crippen molar-refractivity contribution in [3.8, 4) is 0 Å². The van der Waals surface area contributed by atoms with E-state index in [1.54, 1.807) is 6.26 Å². The zero-order chi connectivity index (χ0) is 18.6. The number of carbonyl (C=O) groups excluding carboxylic acids is 1. The molecule has 4 nitrogen and oxygen atoms in total. The molecule has 150 valence electrons. The maximum atomic E-state index is 11.3. The molecule has 0 aromatic heterocycles. The van der Waals surface area contributed by atoms with E-state index >= 15 is 0 Å². The number of amides is 1. The van der Waals surface area contributed by atoms with Crippen LogP contribution in [0.25, 0.3) is 0 Å². The smallest absolute Gasteiger partial charge is 0.407 e. The third kappa shape index (κ3) is 21.4. The van der Waals surface area contributed by atoms with E-state index in [9.17, 15) is 9.00 Å². The summed E-state index contributed by atoms with van der Waals surface area (Å²) in [7, 11) is -0.870. The minimum atomic E-state index is -0.870. The number of hydrogen-bond acceptors (Lipinski definition) is 3. The number of ether oxygens (including phenoxy) is 1. The van der Waals surface area contributed by atoms with E-state index in [-0.39, 0.29) is 6.09 Å². The Bertz CT molecular complexity index is 324. The molecule has 0 rings (SSSR count). The standard InChI is InChI=1S/C20H41NO3S/c1-3-4-5-6-7-8-9-10-11-12-13-14-15-16-18-24-20(22)21-17-19-25(2)23/h3-19H2,1-2H3,(H,21,22). The highest BCUT2D eigenvalue weighted by molar-refractivity contribution is 7.84. The van der Waals surface area contributed by atoms with Crippen LogP contribution in [0.15, 0.2) is 0 Å². The van der Waals surface area contributed by atoms with Crippen molar-refractivity contribution in [2.75, 3.05) is 25.2 Å². The minimum absolute atomic E-state index is 0.389. The molecule has 5 heteroatoms. The highest BCUT2D eigenvalue weighted by atomic mass is 32.2. The molecular formula is C20H41NO3S. The van der Waals surface area contributed by atoms with E-state index in [2.05, 4.69) is 12.2 Å².